The van der Waals surface area contributed by atoms with Gasteiger partial charge in [-0.3, -0.25) is 0 Å². The van der Waals surface area contributed by atoms with Crippen LogP contribution in [0.3, 0.4) is 0 Å². The Morgan fingerprint density at radius 2 is 2.22 bits per heavy atom. The Balaban J connectivity index is 1.82. The van der Waals surface area contributed by atoms with E-state index >= 15 is 0 Å². The number of carboxylic acids is 1. The van der Waals surface area contributed by atoms with Gasteiger partial charge in [0.1, 0.15) is 4.88 Å². The molecule has 5 heteroatoms. The highest BCUT2D eigenvalue weighted by atomic mass is 32.1. The SMILES string of the molecule is O=C(O)c1ccc(N(Cc2ccsc2)C2CC2)s1. The van der Waals surface area contributed by atoms with E-state index in [1.807, 2.05) is 6.07 Å². The Labute approximate surface area is 113 Å². The van der Waals surface area contributed by atoms with Gasteiger partial charge in [-0.25, -0.2) is 4.79 Å². The molecule has 0 unspecified atom stereocenters. The van der Waals surface area contributed by atoms with Crippen LogP contribution in [0, 0.1) is 0 Å². The number of nitrogens with zero attached hydrogens (tertiary/aromatic N) is 1. The lowest BCUT2D eigenvalue weighted by Gasteiger charge is -2.22. The van der Waals surface area contributed by atoms with Gasteiger partial charge in [-0.1, -0.05) is 0 Å². The summed E-state index contributed by atoms with van der Waals surface area (Å²) in [6.07, 6.45) is 2.43. The maximum atomic E-state index is 10.9. The van der Waals surface area contributed by atoms with Crippen molar-refractivity contribution in [2.75, 3.05) is 4.90 Å². The highest BCUT2D eigenvalue weighted by molar-refractivity contribution is 7.17. The van der Waals surface area contributed by atoms with E-state index in [9.17, 15) is 4.79 Å². The van der Waals surface area contributed by atoms with Crippen LogP contribution in [0.4, 0.5) is 5.00 Å². The van der Waals surface area contributed by atoms with Crippen molar-refractivity contribution in [1.29, 1.82) is 0 Å². The predicted molar refractivity (Wildman–Crippen MR) is 74.8 cm³/mol. The van der Waals surface area contributed by atoms with E-state index in [2.05, 4.69) is 21.7 Å². The lowest BCUT2D eigenvalue weighted by Crippen LogP contribution is -2.23. The summed E-state index contributed by atoms with van der Waals surface area (Å²) in [5.74, 6) is -0.836. The van der Waals surface area contributed by atoms with Crippen molar-refractivity contribution in [3.63, 3.8) is 0 Å². The molecule has 0 saturated heterocycles. The fourth-order valence-corrected chi connectivity index (χ4v) is 3.52. The molecule has 1 fully saturated rings. The average Bonchev–Trinajstić information content (AvgIpc) is 2.88. The Hall–Kier alpha value is -1.33. The van der Waals surface area contributed by atoms with Gasteiger partial charge in [0.05, 0.1) is 5.00 Å². The second-order valence-corrected chi connectivity index (χ2v) is 6.28. The van der Waals surface area contributed by atoms with Crippen LogP contribution in [0.15, 0.2) is 29.0 Å². The zero-order valence-corrected chi connectivity index (χ0v) is 11.3. The fourth-order valence-electron chi connectivity index (χ4n) is 1.95. The van der Waals surface area contributed by atoms with Crippen molar-refractivity contribution in [2.45, 2.75) is 25.4 Å². The lowest BCUT2D eigenvalue weighted by molar-refractivity contribution is 0.0702. The minimum absolute atomic E-state index is 0.418. The van der Waals surface area contributed by atoms with E-state index in [0.717, 1.165) is 11.5 Å². The molecule has 3 nitrogen and oxygen atoms in total. The molecular weight excluding hydrogens is 266 g/mol. The smallest absolute Gasteiger partial charge is 0.345 e. The summed E-state index contributed by atoms with van der Waals surface area (Å²) in [5, 5.41) is 14.3. The number of anilines is 1. The molecule has 0 amide bonds. The van der Waals surface area contributed by atoms with Crippen molar-refractivity contribution in [2.24, 2.45) is 0 Å². The molecule has 2 heterocycles. The monoisotopic (exact) mass is 279 g/mol. The zero-order valence-electron chi connectivity index (χ0n) is 9.70. The normalized spacial score (nSPS) is 14.7. The third-order valence-corrected chi connectivity index (χ3v) is 4.85. The number of carbonyl (C=O) groups is 1. The van der Waals surface area contributed by atoms with Crippen molar-refractivity contribution in [3.05, 3.63) is 39.4 Å². The van der Waals surface area contributed by atoms with Gasteiger partial charge in [-0.15, -0.1) is 11.3 Å². The Kier molecular flexibility index (Phi) is 3.09. The van der Waals surface area contributed by atoms with Crippen molar-refractivity contribution in [1.82, 2.24) is 0 Å². The summed E-state index contributed by atoms with van der Waals surface area (Å²) >= 11 is 3.07. The van der Waals surface area contributed by atoms with E-state index < -0.39 is 5.97 Å². The minimum Gasteiger partial charge on any atom is -0.477 e. The van der Waals surface area contributed by atoms with Gasteiger partial charge < -0.3 is 10.0 Å². The number of carboxylic acid groups (broad SMARTS) is 1. The van der Waals surface area contributed by atoms with Crippen LogP contribution >= 0.6 is 22.7 Å². The zero-order chi connectivity index (χ0) is 12.5. The highest BCUT2D eigenvalue weighted by Gasteiger charge is 2.30. The molecule has 3 rings (SSSR count). The van der Waals surface area contributed by atoms with Crippen LogP contribution in [-0.2, 0) is 6.54 Å². The van der Waals surface area contributed by atoms with E-state index in [-0.39, 0.29) is 0 Å². The predicted octanol–water partition coefficient (Wildman–Crippen LogP) is 3.68. The van der Waals surface area contributed by atoms with E-state index in [4.69, 9.17) is 5.11 Å². The van der Waals surface area contributed by atoms with Crippen LogP contribution in [0.2, 0.25) is 0 Å². The van der Waals surface area contributed by atoms with Crippen LogP contribution in [-0.4, -0.2) is 17.1 Å². The van der Waals surface area contributed by atoms with Crippen molar-refractivity contribution >= 4 is 33.6 Å². The first-order chi connectivity index (χ1) is 8.74. The molecule has 0 aliphatic heterocycles. The Morgan fingerprint density at radius 1 is 1.39 bits per heavy atom. The molecule has 1 saturated carbocycles. The van der Waals surface area contributed by atoms with Gasteiger partial charge >= 0.3 is 5.97 Å². The first-order valence-corrected chi connectivity index (χ1v) is 7.61. The van der Waals surface area contributed by atoms with Gasteiger partial charge in [-0.2, -0.15) is 11.3 Å². The topological polar surface area (TPSA) is 40.5 Å². The molecule has 0 atom stereocenters. The minimum atomic E-state index is -0.836. The van der Waals surface area contributed by atoms with Gasteiger partial charge in [-0.05, 0) is 47.4 Å². The van der Waals surface area contributed by atoms with Crippen molar-refractivity contribution in [3.8, 4) is 0 Å². The summed E-state index contributed by atoms with van der Waals surface area (Å²) in [7, 11) is 0. The molecular formula is C13H13NO2S2. The van der Waals surface area contributed by atoms with Gasteiger partial charge in [0, 0.05) is 12.6 Å². The first-order valence-electron chi connectivity index (χ1n) is 5.85. The van der Waals surface area contributed by atoms with Gasteiger partial charge in [0.25, 0.3) is 0 Å². The number of aromatic carboxylic acids is 1. The van der Waals surface area contributed by atoms with Crippen LogP contribution in [0.25, 0.3) is 0 Å². The average molecular weight is 279 g/mol. The molecule has 1 N–H and O–H groups in total. The van der Waals surface area contributed by atoms with Crippen LogP contribution in [0.5, 0.6) is 0 Å². The molecule has 0 spiro atoms. The molecule has 1 aliphatic carbocycles. The third-order valence-electron chi connectivity index (χ3n) is 3.01. The number of hydrogen-bond donors (Lipinski definition) is 1. The number of rotatable bonds is 5. The highest BCUT2D eigenvalue weighted by Crippen LogP contribution is 2.37. The van der Waals surface area contributed by atoms with Gasteiger partial charge in [0.15, 0.2) is 0 Å². The summed E-state index contributed by atoms with van der Waals surface area (Å²) in [6.45, 7) is 0.883. The van der Waals surface area contributed by atoms with Crippen LogP contribution < -0.4 is 4.90 Å². The molecule has 94 valence electrons. The van der Waals surface area contributed by atoms with E-state index in [1.54, 1.807) is 17.4 Å². The van der Waals surface area contributed by atoms with E-state index in [0.29, 0.717) is 10.9 Å². The summed E-state index contributed by atoms with van der Waals surface area (Å²) < 4.78 is 0. The second-order valence-electron chi connectivity index (χ2n) is 4.43. The summed E-state index contributed by atoms with van der Waals surface area (Å²) in [5.41, 5.74) is 1.30. The molecule has 2 aromatic rings. The summed E-state index contributed by atoms with van der Waals surface area (Å²) in [6, 6.07) is 6.35. The largest absolute Gasteiger partial charge is 0.477 e. The molecule has 0 bridgehead atoms. The molecule has 18 heavy (non-hydrogen) atoms. The fraction of sp³-hybridized carbons (Fsp3) is 0.308. The standard InChI is InChI=1S/C13H13NO2S2/c15-13(16)11-3-4-12(18-11)14(10-1-2-10)7-9-5-6-17-8-9/h3-6,8,10H,1-2,7H2,(H,15,16). The number of hydrogen-bond acceptors (Lipinski definition) is 4. The van der Waals surface area contributed by atoms with Crippen molar-refractivity contribution < 1.29 is 9.90 Å². The molecule has 2 aromatic heterocycles. The maximum absolute atomic E-state index is 10.9. The molecule has 0 aromatic carbocycles. The Morgan fingerprint density at radius 3 is 2.78 bits per heavy atom. The van der Waals surface area contributed by atoms with Gasteiger partial charge in [0.2, 0.25) is 0 Å². The quantitative estimate of drug-likeness (QED) is 0.907. The Bertz CT molecular complexity index is 543. The summed E-state index contributed by atoms with van der Waals surface area (Å²) in [4.78, 5) is 13.7. The lowest BCUT2D eigenvalue weighted by atomic mass is 10.3. The first kappa shape index (κ1) is 11.7. The second kappa shape index (κ2) is 4.74. The van der Waals surface area contributed by atoms with E-state index in [1.165, 1.54) is 29.7 Å². The maximum Gasteiger partial charge on any atom is 0.345 e. The number of thiophene rings is 2. The molecule has 0 radical (unpaired) electrons. The molecule has 1 aliphatic rings. The van der Waals surface area contributed by atoms with Crippen LogP contribution in [0.1, 0.15) is 28.1 Å². The third kappa shape index (κ3) is 2.42.